The highest BCUT2D eigenvalue weighted by Gasteiger charge is 2.09. The van der Waals surface area contributed by atoms with Gasteiger partial charge in [-0.15, -0.1) is 0 Å². The van der Waals surface area contributed by atoms with Crippen molar-refractivity contribution in [3.8, 4) is 17.2 Å². The molecule has 0 radical (unpaired) electrons. The molecule has 0 bridgehead atoms. The average molecular weight is 328 g/mol. The van der Waals surface area contributed by atoms with Crippen molar-refractivity contribution in [1.82, 2.24) is 4.57 Å². The van der Waals surface area contributed by atoms with Crippen LogP contribution in [-0.4, -0.2) is 11.1 Å². The molecule has 25 heavy (non-hydrogen) atoms. The second-order valence-electron chi connectivity index (χ2n) is 5.99. The van der Waals surface area contributed by atoms with Crippen LogP contribution < -0.4 is 10.5 Å². The lowest BCUT2D eigenvalue weighted by atomic mass is 10.1. The van der Waals surface area contributed by atoms with Crippen LogP contribution in [-0.2, 0) is 6.42 Å². The Balaban J connectivity index is 1.67. The molecule has 0 atom stereocenters. The van der Waals surface area contributed by atoms with Gasteiger partial charge in [0.05, 0.1) is 5.52 Å². The minimum Gasteiger partial charge on any atom is -0.457 e. The summed E-state index contributed by atoms with van der Waals surface area (Å²) in [4.78, 5) is 0. The van der Waals surface area contributed by atoms with E-state index in [1.807, 2.05) is 42.5 Å². The van der Waals surface area contributed by atoms with Crippen molar-refractivity contribution in [3.63, 3.8) is 0 Å². The van der Waals surface area contributed by atoms with Crippen LogP contribution in [0.1, 0.15) is 5.56 Å². The minimum atomic E-state index is 0.651. The molecule has 0 saturated carbocycles. The summed E-state index contributed by atoms with van der Waals surface area (Å²) < 4.78 is 8.09. The number of benzene rings is 3. The molecule has 0 unspecified atom stereocenters. The summed E-state index contributed by atoms with van der Waals surface area (Å²) in [5, 5.41) is 1.26. The van der Waals surface area contributed by atoms with Gasteiger partial charge >= 0.3 is 0 Å². The predicted octanol–water partition coefficient (Wildman–Crippen LogP) is 4.92. The molecule has 0 fully saturated rings. The molecule has 0 spiro atoms. The Labute approximate surface area is 147 Å². The SMILES string of the molecule is NCCc1cn(-c2ccc(Oc3ccccc3)cc2)c2ccccc12. The molecular weight excluding hydrogens is 308 g/mol. The lowest BCUT2D eigenvalue weighted by Gasteiger charge is -2.08. The van der Waals surface area contributed by atoms with Gasteiger partial charge in [-0.3, -0.25) is 0 Å². The molecule has 0 saturated heterocycles. The monoisotopic (exact) mass is 328 g/mol. The number of nitrogens with two attached hydrogens (primary N) is 1. The summed E-state index contributed by atoms with van der Waals surface area (Å²) in [7, 11) is 0. The number of rotatable bonds is 5. The van der Waals surface area contributed by atoms with E-state index in [0.717, 1.165) is 23.6 Å². The molecule has 124 valence electrons. The Bertz CT molecular complexity index is 972. The summed E-state index contributed by atoms with van der Waals surface area (Å²) in [6.45, 7) is 0.651. The average Bonchev–Trinajstić information content (AvgIpc) is 3.03. The fourth-order valence-electron chi connectivity index (χ4n) is 3.12. The fourth-order valence-corrected chi connectivity index (χ4v) is 3.12. The van der Waals surface area contributed by atoms with E-state index in [0.29, 0.717) is 6.54 Å². The Morgan fingerprint density at radius 1 is 0.760 bits per heavy atom. The first-order chi connectivity index (χ1) is 12.3. The van der Waals surface area contributed by atoms with Crippen molar-refractivity contribution < 1.29 is 4.74 Å². The van der Waals surface area contributed by atoms with Crippen LogP contribution in [0.25, 0.3) is 16.6 Å². The number of aromatic nitrogens is 1. The van der Waals surface area contributed by atoms with Crippen LogP contribution in [0.4, 0.5) is 0 Å². The van der Waals surface area contributed by atoms with Crippen LogP contribution in [0.5, 0.6) is 11.5 Å². The normalized spacial score (nSPS) is 10.9. The summed E-state index contributed by atoms with van der Waals surface area (Å²) >= 11 is 0. The van der Waals surface area contributed by atoms with Crippen LogP contribution >= 0.6 is 0 Å². The summed E-state index contributed by atoms with van der Waals surface area (Å²) in [6, 6.07) is 26.4. The molecule has 4 rings (SSSR count). The first kappa shape index (κ1) is 15.5. The third-order valence-corrected chi connectivity index (χ3v) is 4.30. The van der Waals surface area contributed by atoms with Gasteiger partial charge in [0.15, 0.2) is 0 Å². The van der Waals surface area contributed by atoms with E-state index < -0.39 is 0 Å². The van der Waals surface area contributed by atoms with E-state index in [4.69, 9.17) is 10.5 Å². The smallest absolute Gasteiger partial charge is 0.127 e. The van der Waals surface area contributed by atoms with Crippen molar-refractivity contribution in [2.75, 3.05) is 6.54 Å². The van der Waals surface area contributed by atoms with Gasteiger partial charge in [-0.05, 0) is 61.0 Å². The fraction of sp³-hybridized carbons (Fsp3) is 0.0909. The molecule has 1 aromatic heterocycles. The zero-order valence-electron chi connectivity index (χ0n) is 13.9. The Kier molecular flexibility index (Phi) is 4.23. The molecule has 3 nitrogen and oxygen atoms in total. The highest BCUT2D eigenvalue weighted by molar-refractivity contribution is 5.85. The second-order valence-corrected chi connectivity index (χ2v) is 5.99. The maximum atomic E-state index is 5.87. The Hall–Kier alpha value is -3.04. The lowest BCUT2D eigenvalue weighted by Crippen LogP contribution is -2.02. The highest BCUT2D eigenvalue weighted by atomic mass is 16.5. The van der Waals surface area contributed by atoms with Gasteiger partial charge in [0.25, 0.3) is 0 Å². The maximum absolute atomic E-state index is 5.87. The Morgan fingerprint density at radius 3 is 2.20 bits per heavy atom. The van der Waals surface area contributed by atoms with Gasteiger partial charge in [-0.25, -0.2) is 0 Å². The van der Waals surface area contributed by atoms with Crippen LogP contribution in [0.2, 0.25) is 0 Å². The van der Waals surface area contributed by atoms with E-state index >= 15 is 0 Å². The summed E-state index contributed by atoms with van der Waals surface area (Å²) in [5.41, 5.74) is 9.36. The van der Waals surface area contributed by atoms with Crippen LogP contribution in [0, 0.1) is 0 Å². The van der Waals surface area contributed by atoms with Crippen LogP contribution in [0.15, 0.2) is 85.1 Å². The third kappa shape index (κ3) is 3.14. The number of nitrogens with zero attached hydrogens (tertiary/aromatic N) is 1. The van der Waals surface area contributed by atoms with E-state index in [1.165, 1.54) is 16.5 Å². The topological polar surface area (TPSA) is 40.2 Å². The largest absolute Gasteiger partial charge is 0.457 e. The molecule has 0 aliphatic rings. The zero-order valence-corrected chi connectivity index (χ0v) is 13.9. The van der Waals surface area contributed by atoms with E-state index in [9.17, 15) is 0 Å². The molecule has 4 aromatic rings. The van der Waals surface area contributed by atoms with Gasteiger partial charge in [0, 0.05) is 17.3 Å². The van der Waals surface area contributed by atoms with E-state index in [-0.39, 0.29) is 0 Å². The second kappa shape index (κ2) is 6.83. The molecular formula is C22H20N2O. The van der Waals surface area contributed by atoms with Crippen molar-refractivity contribution in [3.05, 3.63) is 90.6 Å². The number of ether oxygens (including phenoxy) is 1. The standard InChI is InChI=1S/C22H20N2O/c23-15-14-17-16-24(22-9-5-4-8-21(17)22)18-10-12-20(13-11-18)25-19-6-2-1-3-7-19/h1-13,16H,14-15,23H2. The molecule has 0 aliphatic carbocycles. The number of hydrogen-bond acceptors (Lipinski definition) is 2. The molecule has 0 aliphatic heterocycles. The highest BCUT2D eigenvalue weighted by Crippen LogP contribution is 2.27. The number of hydrogen-bond donors (Lipinski definition) is 1. The third-order valence-electron chi connectivity index (χ3n) is 4.30. The van der Waals surface area contributed by atoms with E-state index in [1.54, 1.807) is 0 Å². The van der Waals surface area contributed by atoms with Crippen molar-refractivity contribution in [2.24, 2.45) is 5.73 Å². The quantitative estimate of drug-likeness (QED) is 0.564. The van der Waals surface area contributed by atoms with E-state index in [2.05, 4.69) is 47.2 Å². The molecule has 3 aromatic carbocycles. The first-order valence-electron chi connectivity index (χ1n) is 8.47. The lowest BCUT2D eigenvalue weighted by molar-refractivity contribution is 0.482. The van der Waals surface area contributed by atoms with Crippen LogP contribution in [0.3, 0.4) is 0 Å². The predicted molar refractivity (Wildman–Crippen MR) is 103 cm³/mol. The van der Waals surface area contributed by atoms with Crippen molar-refractivity contribution >= 4 is 10.9 Å². The first-order valence-corrected chi connectivity index (χ1v) is 8.47. The van der Waals surface area contributed by atoms with Gasteiger partial charge < -0.3 is 15.0 Å². The summed E-state index contributed by atoms with van der Waals surface area (Å²) in [5.74, 6) is 1.67. The van der Waals surface area contributed by atoms with Gasteiger partial charge in [-0.2, -0.15) is 0 Å². The molecule has 0 amide bonds. The van der Waals surface area contributed by atoms with Gasteiger partial charge in [-0.1, -0.05) is 36.4 Å². The van der Waals surface area contributed by atoms with Gasteiger partial charge in [0.2, 0.25) is 0 Å². The molecule has 2 N–H and O–H groups in total. The molecule has 1 heterocycles. The van der Waals surface area contributed by atoms with Crippen molar-refractivity contribution in [1.29, 1.82) is 0 Å². The zero-order chi connectivity index (χ0) is 17.1. The Morgan fingerprint density at radius 2 is 1.44 bits per heavy atom. The minimum absolute atomic E-state index is 0.651. The number of fused-ring (bicyclic) bond motifs is 1. The summed E-state index contributed by atoms with van der Waals surface area (Å²) in [6.07, 6.45) is 3.06. The van der Waals surface area contributed by atoms with Gasteiger partial charge in [0.1, 0.15) is 11.5 Å². The molecule has 3 heteroatoms. The maximum Gasteiger partial charge on any atom is 0.127 e. The number of para-hydroxylation sites is 2. The van der Waals surface area contributed by atoms with Crippen molar-refractivity contribution in [2.45, 2.75) is 6.42 Å².